The molecule has 1 aliphatic carbocycles. The van der Waals surface area contributed by atoms with Gasteiger partial charge in [-0.2, -0.15) is 5.10 Å². The summed E-state index contributed by atoms with van der Waals surface area (Å²) in [7, 11) is 0. The number of hydrogen-bond donors (Lipinski definition) is 2. The van der Waals surface area contributed by atoms with E-state index in [1.54, 1.807) is 0 Å². The second-order valence-corrected chi connectivity index (χ2v) is 6.58. The van der Waals surface area contributed by atoms with Crippen molar-refractivity contribution in [2.75, 3.05) is 6.61 Å². The fraction of sp³-hybridized carbons (Fsp3) is 0.714. The van der Waals surface area contributed by atoms with Crippen molar-refractivity contribution in [3.05, 3.63) is 17.5 Å². The Balaban J connectivity index is 2.11. The van der Waals surface area contributed by atoms with Gasteiger partial charge in [-0.05, 0) is 25.2 Å². The second kappa shape index (κ2) is 6.72. The molecule has 20 heavy (non-hydrogen) atoms. The molecule has 2 rings (SSSR count). The molecule has 0 aliphatic heterocycles. The molecule has 6 heteroatoms. The van der Waals surface area contributed by atoms with Crippen LogP contribution in [0.2, 0.25) is 0 Å². The average molecular weight is 344 g/mol. The summed E-state index contributed by atoms with van der Waals surface area (Å²) in [6.45, 7) is 4.64. The molecule has 2 N–H and O–H groups in total. The third-order valence-electron chi connectivity index (χ3n) is 3.73. The molecular weight excluding hydrogens is 322 g/mol. The highest BCUT2D eigenvalue weighted by atomic mass is 79.9. The number of nitrogens with zero attached hydrogens (tertiary/aromatic N) is 2. The summed E-state index contributed by atoms with van der Waals surface area (Å²) in [5.41, 5.74) is 2.24. The third-order valence-corrected chi connectivity index (χ3v) is 5.20. The number of carbonyl (C=O) groups is 1. The molecule has 0 fully saturated rings. The number of aromatic nitrogens is 2. The van der Waals surface area contributed by atoms with Crippen molar-refractivity contribution in [1.29, 1.82) is 0 Å². The standard InChI is InChI=1S/C14H22BrN3O2/c1-9(2)13(15)14(20)17-11-4-3-5-12-10(11)8-16-18(12)6-7-19/h8-9,11,13,19H,3-7H2,1-2H3,(H,17,20). The summed E-state index contributed by atoms with van der Waals surface area (Å²) in [5.74, 6) is 0.294. The van der Waals surface area contributed by atoms with E-state index in [0.29, 0.717) is 6.54 Å². The van der Waals surface area contributed by atoms with Gasteiger partial charge in [-0.3, -0.25) is 9.48 Å². The van der Waals surface area contributed by atoms with Gasteiger partial charge in [0, 0.05) is 11.3 Å². The molecule has 1 aromatic rings. The number of fused-ring (bicyclic) bond motifs is 1. The zero-order valence-corrected chi connectivity index (χ0v) is 13.6. The summed E-state index contributed by atoms with van der Waals surface area (Å²) < 4.78 is 1.85. The Morgan fingerprint density at radius 1 is 1.65 bits per heavy atom. The van der Waals surface area contributed by atoms with E-state index in [1.807, 2.05) is 24.7 Å². The molecule has 1 aromatic heterocycles. The number of halogens is 1. The van der Waals surface area contributed by atoms with Crippen LogP contribution in [-0.4, -0.2) is 32.2 Å². The quantitative estimate of drug-likeness (QED) is 0.801. The molecule has 1 heterocycles. The van der Waals surface area contributed by atoms with E-state index >= 15 is 0 Å². The monoisotopic (exact) mass is 343 g/mol. The van der Waals surface area contributed by atoms with Crippen molar-refractivity contribution in [2.24, 2.45) is 5.92 Å². The number of amides is 1. The molecule has 2 atom stereocenters. The molecule has 0 saturated heterocycles. The molecule has 2 unspecified atom stereocenters. The van der Waals surface area contributed by atoms with Gasteiger partial charge in [-0.15, -0.1) is 0 Å². The summed E-state index contributed by atoms with van der Waals surface area (Å²) in [5, 5.41) is 16.5. The van der Waals surface area contributed by atoms with Crippen molar-refractivity contribution in [3.63, 3.8) is 0 Å². The molecule has 0 radical (unpaired) electrons. The number of rotatable bonds is 5. The highest BCUT2D eigenvalue weighted by Gasteiger charge is 2.28. The highest BCUT2D eigenvalue weighted by Crippen LogP contribution is 2.30. The van der Waals surface area contributed by atoms with Crippen LogP contribution in [0, 0.1) is 5.92 Å². The topological polar surface area (TPSA) is 67.2 Å². The maximum Gasteiger partial charge on any atom is 0.234 e. The van der Waals surface area contributed by atoms with Gasteiger partial charge in [0.25, 0.3) is 0 Å². The fourth-order valence-corrected chi connectivity index (χ4v) is 2.74. The molecule has 0 spiro atoms. The Morgan fingerprint density at radius 3 is 3.05 bits per heavy atom. The Hall–Kier alpha value is -0.880. The first-order chi connectivity index (χ1) is 9.54. The molecule has 0 aromatic carbocycles. The van der Waals surface area contributed by atoms with E-state index in [2.05, 4.69) is 26.3 Å². The summed E-state index contributed by atoms with van der Waals surface area (Å²) >= 11 is 3.44. The molecule has 112 valence electrons. The van der Waals surface area contributed by atoms with Crippen LogP contribution in [0.4, 0.5) is 0 Å². The zero-order valence-electron chi connectivity index (χ0n) is 12.0. The van der Waals surface area contributed by atoms with Crippen molar-refractivity contribution in [2.45, 2.75) is 50.5 Å². The van der Waals surface area contributed by atoms with E-state index in [-0.39, 0.29) is 29.3 Å². The lowest BCUT2D eigenvalue weighted by molar-refractivity contribution is -0.121. The van der Waals surface area contributed by atoms with Crippen LogP contribution >= 0.6 is 15.9 Å². The van der Waals surface area contributed by atoms with Crippen LogP contribution in [0.1, 0.15) is 44.0 Å². The minimum atomic E-state index is -0.166. The number of hydrogen-bond acceptors (Lipinski definition) is 3. The molecule has 0 bridgehead atoms. The van der Waals surface area contributed by atoms with E-state index in [1.165, 1.54) is 0 Å². The van der Waals surface area contributed by atoms with E-state index < -0.39 is 0 Å². The SMILES string of the molecule is CC(C)C(Br)C(=O)NC1CCCc2c1cnn2CCO. The minimum Gasteiger partial charge on any atom is -0.394 e. The normalized spacial score (nSPS) is 19.8. The first-order valence-corrected chi connectivity index (χ1v) is 8.06. The van der Waals surface area contributed by atoms with Gasteiger partial charge in [0.1, 0.15) is 0 Å². The van der Waals surface area contributed by atoms with Crippen LogP contribution in [0.25, 0.3) is 0 Å². The summed E-state index contributed by atoms with van der Waals surface area (Å²) in [6.07, 6.45) is 4.77. The van der Waals surface area contributed by atoms with Gasteiger partial charge in [-0.25, -0.2) is 0 Å². The highest BCUT2D eigenvalue weighted by molar-refractivity contribution is 9.10. The molecule has 5 nitrogen and oxygen atoms in total. The minimum absolute atomic E-state index is 0.0350. The smallest absolute Gasteiger partial charge is 0.234 e. The van der Waals surface area contributed by atoms with Crippen LogP contribution < -0.4 is 5.32 Å². The number of aliphatic hydroxyl groups is 1. The average Bonchev–Trinajstić information content (AvgIpc) is 2.82. The predicted octanol–water partition coefficient (Wildman–Crippen LogP) is 1.79. The van der Waals surface area contributed by atoms with Crippen LogP contribution in [-0.2, 0) is 17.8 Å². The largest absolute Gasteiger partial charge is 0.394 e. The van der Waals surface area contributed by atoms with Crippen molar-refractivity contribution in [1.82, 2.24) is 15.1 Å². The van der Waals surface area contributed by atoms with Crippen LogP contribution in [0.15, 0.2) is 6.20 Å². The van der Waals surface area contributed by atoms with E-state index in [9.17, 15) is 4.79 Å². The van der Waals surface area contributed by atoms with Gasteiger partial charge >= 0.3 is 0 Å². The zero-order chi connectivity index (χ0) is 14.7. The van der Waals surface area contributed by atoms with Crippen molar-refractivity contribution >= 4 is 21.8 Å². The lowest BCUT2D eigenvalue weighted by Gasteiger charge is -2.26. The van der Waals surface area contributed by atoms with Crippen molar-refractivity contribution in [3.8, 4) is 0 Å². The van der Waals surface area contributed by atoms with Crippen molar-refractivity contribution < 1.29 is 9.90 Å². The summed E-state index contributed by atoms with van der Waals surface area (Å²) in [6, 6.07) is 0.0393. The molecule has 1 amide bonds. The van der Waals surface area contributed by atoms with Gasteiger partial charge in [0.05, 0.1) is 30.2 Å². The Morgan fingerprint density at radius 2 is 2.40 bits per heavy atom. The van der Waals surface area contributed by atoms with Gasteiger partial charge in [-0.1, -0.05) is 29.8 Å². The number of carbonyl (C=O) groups excluding carboxylic acids is 1. The molecular formula is C14H22BrN3O2. The maximum atomic E-state index is 12.2. The first-order valence-electron chi connectivity index (χ1n) is 7.14. The van der Waals surface area contributed by atoms with Gasteiger partial charge in [0.2, 0.25) is 5.91 Å². The fourth-order valence-electron chi connectivity index (χ4n) is 2.61. The Kier molecular flexibility index (Phi) is 5.21. The molecule has 0 saturated carbocycles. The number of nitrogens with one attached hydrogen (secondary N) is 1. The second-order valence-electron chi connectivity index (χ2n) is 5.59. The Labute approximate surface area is 127 Å². The number of aliphatic hydroxyl groups excluding tert-OH is 1. The first kappa shape index (κ1) is 15.5. The lowest BCUT2D eigenvalue weighted by Crippen LogP contribution is -2.37. The summed E-state index contributed by atoms with van der Waals surface area (Å²) in [4.78, 5) is 12.0. The van der Waals surface area contributed by atoms with E-state index in [4.69, 9.17) is 5.11 Å². The van der Waals surface area contributed by atoms with Gasteiger partial charge < -0.3 is 10.4 Å². The van der Waals surface area contributed by atoms with Gasteiger partial charge in [0.15, 0.2) is 0 Å². The van der Waals surface area contributed by atoms with Crippen LogP contribution in [0.5, 0.6) is 0 Å². The lowest BCUT2D eigenvalue weighted by atomic mass is 9.92. The molecule has 1 aliphatic rings. The maximum absolute atomic E-state index is 12.2. The van der Waals surface area contributed by atoms with E-state index in [0.717, 1.165) is 30.5 Å². The number of alkyl halides is 1. The van der Waals surface area contributed by atoms with Crippen LogP contribution in [0.3, 0.4) is 0 Å². The Bertz CT molecular complexity index is 473. The predicted molar refractivity (Wildman–Crippen MR) is 80.7 cm³/mol. The third kappa shape index (κ3) is 3.23.